The molecule has 0 saturated carbocycles. The van der Waals surface area contributed by atoms with Gasteiger partial charge in [0.2, 0.25) is 5.91 Å². The van der Waals surface area contributed by atoms with Crippen molar-refractivity contribution < 1.29 is 4.79 Å². The summed E-state index contributed by atoms with van der Waals surface area (Å²) >= 11 is 3.45. The minimum atomic E-state index is -0.0933. The van der Waals surface area contributed by atoms with E-state index in [1.807, 2.05) is 18.3 Å². The molecule has 140 valence electrons. The second kappa shape index (κ2) is 7.85. The number of carbonyl (C=O) groups excluding carboxylic acids is 1. The summed E-state index contributed by atoms with van der Waals surface area (Å²) in [5.41, 5.74) is 1.45. The first-order chi connectivity index (χ1) is 12.6. The Bertz CT molecular complexity index is 796. The van der Waals surface area contributed by atoms with Crippen molar-refractivity contribution >= 4 is 39.2 Å². The van der Waals surface area contributed by atoms with Crippen LogP contribution in [-0.4, -0.2) is 39.1 Å². The fraction of sp³-hybridized carbons (Fsp3) is 0.650. The highest BCUT2D eigenvalue weighted by atomic mass is 32.2. The summed E-state index contributed by atoms with van der Waals surface area (Å²) in [4.78, 5) is 26.7. The molecule has 1 saturated heterocycles. The molecular formula is C20H27N3OS2. The molecule has 0 aromatic carbocycles. The van der Waals surface area contributed by atoms with Gasteiger partial charge in [-0.05, 0) is 50.5 Å². The second-order valence-corrected chi connectivity index (χ2v) is 10.1. The summed E-state index contributed by atoms with van der Waals surface area (Å²) in [7, 11) is 0. The largest absolute Gasteiger partial charge is 0.342 e. The van der Waals surface area contributed by atoms with E-state index in [1.165, 1.54) is 35.1 Å². The molecule has 0 radical (unpaired) electrons. The molecule has 2 aromatic rings. The zero-order chi connectivity index (χ0) is 18.1. The number of aryl methyl sites for hydroxylation is 1. The molecule has 4 rings (SSSR count). The van der Waals surface area contributed by atoms with Crippen LogP contribution in [0.1, 0.15) is 56.4 Å². The Morgan fingerprint density at radius 1 is 1.27 bits per heavy atom. The van der Waals surface area contributed by atoms with Gasteiger partial charge in [0, 0.05) is 23.4 Å². The van der Waals surface area contributed by atoms with Crippen molar-refractivity contribution in [3.05, 3.63) is 16.8 Å². The van der Waals surface area contributed by atoms with E-state index in [1.54, 1.807) is 18.1 Å². The average molecular weight is 390 g/mol. The lowest BCUT2D eigenvalue weighted by Crippen LogP contribution is -2.37. The molecule has 2 atom stereocenters. The van der Waals surface area contributed by atoms with Crippen molar-refractivity contribution in [2.75, 3.05) is 13.1 Å². The number of fused-ring (bicyclic) bond motifs is 3. The van der Waals surface area contributed by atoms with Crippen molar-refractivity contribution in [2.45, 2.75) is 69.1 Å². The Morgan fingerprint density at radius 3 is 2.81 bits per heavy atom. The highest BCUT2D eigenvalue weighted by Gasteiger charge is 2.27. The fourth-order valence-electron chi connectivity index (χ4n) is 4.10. The van der Waals surface area contributed by atoms with Crippen LogP contribution in [0.5, 0.6) is 0 Å². The van der Waals surface area contributed by atoms with Gasteiger partial charge in [0.15, 0.2) is 0 Å². The molecule has 2 aromatic heterocycles. The fourth-order valence-corrected chi connectivity index (χ4v) is 6.55. The Labute approximate surface area is 163 Å². The first-order valence-corrected chi connectivity index (χ1v) is 11.5. The molecule has 1 fully saturated rings. The van der Waals surface area contributed by atoms with Crippen LogP contribution in [0.3, 0.4) is 0 Å². The van der Waals surface area contributed by atoms with Gasteiger partial charge in [0.05, 0.1) is 5.25 Å². The van der Waals surface area contributed by atoms with Crippen LogP contribution in [0.4, 0.5) is 0 Å². The predicted molar refractivity (Wildman–Crippen MR) is 109 cm³/mol. The summed E-state index contributed by atoms with van der Waals surface area (Å²) in [5, 5.41) is 2.13. The van der Waals surface area contributed by atoms with Gasteiger partial charge in [0.25, 0.3) is 0 Å². The van der Waals surface area contributed by atoms with Crippen LogP contribution in [0.15, 0.2) is 11.4 Å². The van der Waals surface area contributed by atoms with Crippen LogP contribution in [-0.2, 0) is 17.6 Å². The number of nitrogens with zero attached hydrogens (tertiary/aromatic N) is 3. The lowest BCUT2D eigenvalue weighted by atomic mass is 9.89. The molecule has 0 bridgehead atoms. The van der Waals surface area contributed by atoms with Crippen LogP contribution < -0.4 is 0 Å². The lowest BCUT2D eigenvalue weighted by molar-refractivity contribution is -0.130. The second-order valence-electron chi connectivity index (χ2n) is 7.71. The van der Waals surface area contributed by atoms with Crippen molar-refractivity contribution in [3.63, 3.8) is 0 Å². The van der Waals surface area contributed by atoms with E-state index in [0.29, 0.717) is 0 Å². The van der Waals surface area contributed by atoms with Gasteiger partial charge < -0.3 is 4.90 Å². The number of thiophene rings is 1. The maximum Gasteiger partial charge on any atom is 0.235 e. The Balaban J connectivity index is 1.57. The molecule has 1 amide bonds. The van der Waals surface area contributed by atoms with E-state index in [2.05, 4.69) is 21.8 Å². The zero-order valence-electron chi connectivity index (χ0n) is 15.7. The Hall–Kier alpha value is -1.14. The quantitative estimate of drug-likeness (QED) is 0.564. The van der Waals surface area contributed by atoms with Gasteiger partial charge >= 0.3 is 0 Å². The Morgan fingerprint density at radius 2 is 2.04 bits per heavy atom. The predicted octanol–water partition coefficient (Wildman–Crippen LogP) is 4.70. The molecule has 1 aliphatic heterocycles. The van der Waals surface area contributed by atoms with Crippen molar-refractivity contribution in [2.24, 2.45) is 5.92 Å². The minimum Gasteiger partial charge on any atom is -0.342 e. The number of thioether (sulfide) groups is 1. The molecule has 0 N–H and O–H groups in total. The monoisotopic (exact) mass is 389 g/mol. The molecule has 26 heavy (non-hydrogen) atoms. The van der Waals surface area contributed by atoms with Crippen LogP contribution >= 0.6 is 23.1 Å². The molecule has 1 aliphatic carbocycles. The normalized spacial score (nSPS) is 22.1. The van der Waals surface area contributed by atoms with Gasteiger partial charge in [0.1, 0.15) is 16.2 Å². The van der Waals surface area contributed by atoms with Crippen LogP contribution in [0.2, 0.25) is 0 Å². The number of carbonyl (C=O) groups is 1. The van der Waals surface area contributed by atoms with Crippen LogP contribution in [0.25, 0.3) is 10.2 Å². The van der Waals surface area contributed by atoms with Crippen molar-refractivity contribution in [1.29, 1.82) is 0 Å². The van der Waals surface area contributed by atoms with E-state index < -0.39 is 0 Å². The van der Waals surface area contributed by atoms with Crippen LogP contribution in [0, 0.1) is 5.92 Å². The molecule has 6 heteroatoms. The van der Waals surface area contributed by atoms with E-state index in [0.717, 1.165) is 54.5 Å². The number of aromatic nitrogens is 2. The topological polar surface area (TPSA) is 46.1 Å². The molecule has 0 spiro atoms. The third-order valence-electron chi connectivity index (χ3n) is 5.61. The van der Waals surface area contributed by atoms with E-state index in [4.69, 9.17) is 0 Å². The number of amides is 1. The number of hydrogen-bond acceptors (Lipinski definition) is 5. The third kappa shape index (κ3) is 3.63. The minimum absolute atomic E-state index is 0.0933. The average Bonchev–Trinajstić information content (AvgIpc) is 2.80. The van der Waals surface area contributed by atoms with Gasteiger partial charge in [-0.1, -0.05) is 31.5 Å². The first-order valence-electron chi connectivity index (χ1n) is 9.84. The smallest absolute Gasteiger partial charge is 0.235 e. The SMILES string of the molecule is C[C@@H]1CCc2c(sc3ncnc(S[C@H](C)C(=O)N4CCCCCC4)c23)C1. The summed E-state index contributed by atoms with van der Waals surface area (Å²) in [6.07, 6.45) is 9.94. The first kappa shape index (κ1) is 18.2. The molecule has 3 heterocycles. The van der Waals surface area contributed by atoms with Gasteiger partial charge in [-0.3, -0.25) is 4.79 Å². The number of rotatable bonds is 3. The molecule has 2 aliphatic rings. The van der Waals surface area contributed by atoms with Crippen molar-refractivity contribution in [3.8, 4) is 0 Å². The van der Waals surface area contributed by atoms with Crippen molar-refractivity contribution in [1.82, 2.24) is 14.9 Å². The van der Waals surface area contributed by atoms with Gasteiger partial charge in [-0.25, -0.2) is 9.97 Å². The lowest BCUT2D eigenvalue weighted by Gasteiger charge is -2.24. The highest BCUT2D eigenvalue weighted by molar-refractivity contribution is 8.00. The third-order valence-corrected chi connectivity index (χ3v) is 7.86. The van der Waals surface area contributed by atoms with Gasteiger partial charge in [-0.2, -0.15) is 0 Å². The Kier molecular flexibility index (Phi) is 5.50. The molecule has 4 nitrogen and oxygen atoms in total. The summed E-state index contributed by atoms with van der Waals surface area (Å²) in [6.45, 7) is 6.19. The summed E-state index contributed by atoms with van der Waals surface area (Å²) in [6, 6.07) is 0. The number of hydrogen-bond donors (Lipinski definition) is 0. The number of likely N-dealkylation sites (tertiary alicyclic amines) is 1. The van der Waals surface area contributed by atoms with E-state index >= 15 is 0 Å². The zero-order valence-corrected chi connectivity index (χ0v) is 17.3. The van der Waals surface area contributed by atoms with E-state index in [9.17, 15) is 4.79 Å². The van der Waals surface area contributed by atoms with Gasteiger partial charge in [-0.15, -0.1) is 11.3 Å². The molecule has 0 unspecified atom stereocenters. The highest BCUT2D eigenvalue weighted by Crippen LogP contribution is 2.41. The van der Waals surface area contributed by atoms with E-state index in [-0.39, 0.29) is 11.2 Å². The molecular weight excluding hydrogens is 362 g/mol. The maximum absolute atomic E-state index is 12.9. The standard InChI is InChI=1S/C20H27N3OS2/c1-13-7-8-15-16(11-13)26-19-17(15)18(21-12-22-19)25-14(2)20(24)23-9-5-3-4-6-10-23/h12-14H,3-11H2,1-2H3/t13-,14-/m1/s1. The maximum atomic E-state index is 12.9. The summed E-state index contributed by atoms with van der Waals surface area (Å²) < 4.78 is 0. The summed E-state index contributed by atoms with van der Waals surface area (Å²) in [5.74, 6) is 1.02.